The van der Waals surface area contributed by atoms with Crippen LogP contribution in [0.5, 0.6) is 0 Å². The van der Waals surface area contributed by atoms with Gasteiger partial charge in [-0.2, -0.15) is 0 Å². The van der Waals surface area contributed by atoms with Crippen molar-refractivity contribution < 1.29 is 9.47 Å². The van der Waals surface area contributed by atoms with Gasteiger partial charge < -0.3 is 14.8 Å². The predicted octanol–water partition coefficient (Wildman–Crippen LogP) is 1.99. The maximum absolute atomic E-state index is 5.93. The van der Waals surface area contributed by atoms with Crippen LogP contribution in [0.4, 0.5) is 0 Å². The molecule has 2 fully saturated rings. The summed E-state index contributed by atoms with van der Waals surface area (Å²) in [5.41, 5.74) is 0. The molecule has 4 nitrogen and oxygen atoms in total. The lowest BCUT2D eigenvalue weighted by Crippen LogP contribution is -2.57. The Hall–Kier alpha value is -0.160. The lowest BCUT2D eigenvalue weighted by molar-refractivity contribution is -0.193. The Morgan fingerprint density at radius 2 is 1.79 bits per heavy atom. The first-order chi connectivity index (χ1) is 9.24. The van der Waals surface area contributed by atoms with Crippen LogP contribution in [0.3, 0.4) is 0 Å². The first-order valence-corrected chi connectivity index (χ1v) is 7.94. The van der Waals surface area contributed by atoms with Crippen molar-refractivity contribution in [2.75, 3.05) is 33.4 Å². The molecule has 1 spiro atoms. The van der Waals surface area contributed by atoms with Crippen molar-refractivity contribution in [3.8, 4) is 0 Å². The van der Waals surface area contributed by atoms with Crippen molar-refractivity contribution in [1.82, 2.24) is 10.2 Å². The van der Waals surface area contributed by atoms with E-state index in [0.29, 0.717) is 12.1 Å². The number of likely N-dealkylation sites (N-methyl/N-ethyl adjacent to an activating group) is 1. The zero-order valence-electron chi connectivity index (χ0n) is 12.8. The van der Waals surface area contributed by atoms with E-state index < -0.39 is 0 Å². The third-order valence-corrected chi connectivity index (χ3v) is 4.50. The van der Waals surface area contributed by atoms with E-state index in [1.54, 1.807) is 0 Å². The van der Waals surface area contributed by atoms with E-state index in [1.807, 2.05) is 0 Å². The van der Waals surface area contributed by atoms with E-state index >= 15 is 0 Å². The molecular formula is C15H30N2O2. The van der Waals surface area contributed by atoms with Crippen LogP contribution >= 0.6 is 0 Å². The van der Waals surface area contributed by atoms with Crippen LogP contribution in [0.2, 0.25) is 0 Å². The highest BCUT2D eigenvalue weighted by Crippen LogP contribution is 2.37. The van der Waals surface area contributed by atoms with Crippen LogP contribution < -0.4 is 5.32 Å². The third-order valence-electron chi connectivity index (χ3n) is 4.50. The van der Waals surface area contributed by atoms with Gasteiger partial charge in [0.1, 0.15) is 0 Å². The molecule has 2 rings (SSSR count). The van der Waals surface area contributed by atoms with Gasteiger partial charge in [-0.05, 0) is 39.4 Å². The van der Waals surface area contributed by atoms with Crippen molar-refractivity contribution in [2.45, 2.75) is 63.8 Å². The van der Waals surface area contributed by atoms with Crippen LogP contribution in [0.15, 0.2) is 0 Å². The van der Waals surface area contributed by atoms with Gasteiger partial charge in [-0.25, -0.2) is 0 Å². The lowest BCUT2D eigenvalue weighted by atomic mass is 9.84. The van der Waals surface area contributed by atoms with Crippen molar-refractivity contribution in [2.24, 2.45) is 0 Å². The quantitative estimate of drug-likeness (QED) is 0.800. The molecule has 0 amide bonds. The molecule has 1 saturated carbocycles. The monoisotopic (exact) mass is 270 g/mol. The summed E-state index contributed by atoms with van der Waals surface area (Å²) in [6, 6.07) is 1.10. The Bertz CT molecular complexity index is 261. The van der Waals surface area contributed by atoms with Gasteiger partial charge in [0.05, 0.1) is 13.2 Å². The minimum atomic E-state index is -0.280. The summed E-state index contributed by atoms with van der Waals surface area (Å²) >= 11 is 0. The number of hydrogen-bond acceptors (Lipinski definition) is 4. The Kier molecular flexibility index (Phi) is 5.63. The van der Waals surface area contributed by atoms with E-state index in [2.05, 4.69) is 31.1 Å². The molecule has 0 aromatic rings. The minimum Gasteiger partial charge on any atom is -0.347 e. The van der Waals surface area contributed by atoms with E-state index in [4.69, 9.17) is 9.47 Å². The Labute approximate surface area is 117 Å². The average molecular weight is 270 g/mol. The van der Waals surface area contributed by atoms with E-state index in [-0.39, 0.29) is 5.79 Å². The molecule has 0 aromatic heterocycles. The predicted molar refractivity (Wildman–Crippen MR) is 77.3 cm³/mol. The molecule has 19 heavy (non-hydrogen) atoms. The Morgan fingerprint density at radius 1 is 1.16 bits per heavy atom. The zero-order chi connectivity index (χ0) is 13.7. The zero-order valence-corrected chi connectivity index (χ0v) is 12.8. The Morgan fingerprint density at radius 3 is 2.32 bits per heavy atom. The van der Waals surface area contributed by atoms with Crippen LogP contribution in [0.1, 0.15) is 46.0 Å². The third kappa shape index (κ3) is 3.48. The van der Waals surface area contributed by atoms with E-state index in [1.165, 1.54) is 25.9 Å². The van der Waals surface area contributed by atoms with Crippen LogP contribution in [-0.4, -0.2) is 56.1 Å². The molecule has 0 radical (unpaired) electrons. The average Bonchev–Trinajstić information content (AvgIpc) is 2.87. The summed E-state index contributed by atoms with van der Waals surface area (Å²) < 4.78 is 11.9. The summed E-state index contributed by atoms with van der Waals surface area (Å²) in [4.78, 5) is 2.63. The second-order valence-electron chi connectivity index (χ2n) is 5.85. The number of hydrogen-bond donors (Lipinski definition) is 1. The topological polar surface area (TPSA) is 33.7 Å². The maximum atomic E-state index is 5.93. The fourth-order valence-electron chi connectivity index (χ4n) is 3.63. The molecule has 1 N–H and O–H groups in total. The van der Waals surface area contributed by atoms with Crippen molar-refractivity contribution in [3.05, 3.63) is 0 Å². The van der Waals surface area contributed by atoms with E-state index in [9.17, 15) is 0 Å². The molecule has 0 aromatic carbocycles. The smallest absolute Gasteiger partial charge is 0.170 e. The normalized spacial score (nSPS) is 30.3. The molecule has 1 saturated heterocycles. The van der Waals surface area contributed by atoms with Crippen LogP contribution in [0.25, 0.3) is 0 Å². The first-order valence-electron chi connectivity index (χ1n) is 7.94. The summed E-state index contributed by atoms with van der Waals surface area (Å²) in [5.74, 6) is -0.280. The molecule has 1 aliphatic carbocycles. The van der Waals surface area contributed by atoms with Crippen LogP contribution in [0, 0.1) is 0 Å². The summed E-state index contributed by atoms with van der Waals surface area (Å²) in [5, 5.41) is 3.50. The van der Waals surface area contributed by atoms with Crippen LogP contribution in [-0.2, 0) is 9.47 Å². The highest BCUT2D eigenvalue weighted by molar-refractivity contribution is 4.96. The molecule has 2 aliphatic rings. The minimum absolute atomic E-state index is 0.280. The van der Waals surface area contributed by atoms with Gasteiger partial charge in [-0.15, -0.1) is 0 Å². The van der Waals surface area contributed by atoms with Crippen molar-refractivity contribution in [3.63, 3.8) is 0 Å². The van der Waals surface area contributed by atoms with Crippen molar-refractivity contribution in [1.29, 1.82) is 0 Å². The van der Waals surface area contributed by atoms with Gasteiger partial charge in [0.15, 0.2) is 5.79 Å². The number of ether oxygens (including phenoxy) is 2. The maximum Gasteiger partial charge on any atom is 0.170 e. The summed E-state index contributed by atoms with van der Waals surface area (Å²) in [7, 11) is 2.09. The molecule has 2 atom stereocenters. The van der Waals surface area contributed by atoms with Gasteiger partial charge in [0.25, 0.3) is 0 Å². The number of nitrogens with zero attached hydrogens (tertiary/aromatic N) is 1. The lowest BCUT2D eigenvalue weighted by Gasteiger charge is -2.46. The number of rotatable bonds is 6. The molecule has 4 heteroatoms. The molecular weight excluding hydrogens is 240 g/mol. The second-order valence-corrected chi connectivity index (χ2v) is 5.85. The largest absolute Gasteiger partial charge is 0.347 e. The highest BCUT2D eigenvalue weighted by Gasteiger charge is 2.46. The fraction of sp³-hybridized carbons (Fsp3) is 1.00. The van der Waals surface area contributed by atoms with Gasteiger partial charge in [-0.3, -0.25) is 4.90 Å². The van der Waals surface area contributed by atoms with Gasteiger partial charge in [0.2, 0.25) is 0 Å². The Balaban J connectivity index is 2.07. The van der Waals surface area contributed by atoms with Crippen molar-refractivity contribution >= 4 is 0 Å². The van der Waals surface area contributed by atoms with Gasteiger partial charge in [-0.1, -0.05) is 13.8 Å². The molecule has 1 heterocycles. The molecule has 112 valence electrons. The SMILES string of the molecule is CCCN(CCC)C1CC2(CCC1NC)OCCO2. The highest BCUT2D eigenvalue weighted by atomic mass is 16.7. The number of nitrogens with one attached hydrogen (secondary N) is 1. The van der Waals surface area contributed by atoms with Gasteiger partial charge in [0, 0.05) is 24.9 Å². The molecule has 2 unspecified atom stereocenters. The summed E-state index contributed by atoms with van der Waals surface area (Å²) in [6.45, 7) is 8.40. The van der Waals surface area contributed by atoms with E-state index in [0.717, 1.165) is 32.5 Å². The fourth-order valence-corrected chi connectivity index (χ4v) is 3.63. The van der Waals surface area contributed by atoms with Gasteiger partial charge >= 0.3 is 0 Å². The standard InChI is InChI=1S/C15H30N2O2/c1-4-8-17(9-5-2)14-12-15(18-10-11-19-15)7-6-13(14)16-3/h13-14,16H,4-12H2,1-3H3. The molecule has 1 aliphatic heterocycles. The second kappa shape index (κ2) is 7.02. The first kappa shape index (κ1) is 15.2. The molecule has 0 bridgehead atoms. The summed E-state index contributed by atoms with van der Waals surface area (Å²) in [6.07, 6.45) is 5.61.